The van der Waals surface area contributed by atoms with Crippen LogP contribution in [0.4, 0.5) is 5.00 Å². The molecular formula is C27H36N4O5S2. The third kappa shape index (κ3) is 5.94. The molecule has 0 saturated carbocycles. The van der Waals surface area contributed by atoms with Crippen LogP contribution in [0.5, 0.6) is 0 Å². The van der Waals surface area contributed by atoms with Crippen molar-refractivity contribution < 1.29 is 22.8 Å². The lowest BCUT2D eigenvalue weighted by Gasteiger charge is -2.29. The van der Waals surface area contributed by atoms with Crippen molar-refractivity contribution in [3.05, 3.63) is 45.8 Å². The lowest BCUT2D eigenvalue weighted by Crippen LogP contribution is -2.38. The molecule has 3 amide bonds. The Morgan fingerprint density at radius 2 is 1.71 bits per heavy atom. The second kappa shape index (κ2) is 12.0. The van der Waals surface area contributed by atoms with Gasteiger partial charge in [0, 0.05) is 50.6 Å². The van der Waals surface area contributed by atoms with Gasteiger partial charge in [-0.3, -0.25) is 14.4 Å². The van der Waals surface area contributed by atoms with E-state index in [0.29, 0.717) is 55.3 Å². The summed E-state index contributed by atoms with van der Waals surface area (Å²) in [6.07, 6.45) is 5.24. The molecule has 0 unspecified atom stereocenters. The number of nitrogens with zero attached hydrogens (tertiary/aromatic N) is 3. The molecular weight excluding hydrogens is 524 g/mol. The minimum absolute atomic E-state index is 0.0195. The number of fused-ring (bicyclic) bond motifs is 1. The zero-order chi connectivity index (χ0) is 27.4. The van der Waals surface area contributed by atoms with Gasteiger partial charge in [0.05, 0.1) is 17.0 Å². The van der Waals surface area contributed by atoms with E-state index in [1.165, 1.54) is 46.8 Å². The highest BCUT2D eigenvalue weighted by Gasteiger charge is 2.32. The Morgan fingerprint density at radius 3 is 2.34 bits per heavy atom. The molecule has 1 aromatic heterocycles. The Bertz CT molecular complexity index is 1300. The van der Waals surface area contributed by atoms with Gasteiger partial charge in [-0.2, -0.15) is 0 Å². The fraction of sp³-hybridized carbons (Fsp3) is 0.519. The van der Waals surface area contributed by atoms with E-state index in [4.69, 9.17) is 0 Å². The number of sulfonamides is 1. The highest BCUT2D eigenvalue weighted by molar-refractivity contribution is 7.89. The van der Waals surface area contributed by atoms with Crippen LogP contribution in [0.15, 0.2) is 29.2 Å². The number of rotatable bonds is 8. The quantitative estimate of drug-likeness (QED) is 0.526. The van der Waals surface area contributed by atoms with E-state index in [2.05, 4.69) is 5.32 Å². The predicted octanol–water partition coefficient (Wildman–Crippen LogP) is 3.95. The molecule has 0 atom stereocenters. The molecule has 0 radical (unpaired) electrons. The molecule has 1 fully saturated rings. The zero-order valence-electron chi connectivity index (χ0n) is 22.3. The first-order valence-electron chi connectivity index (χ1n) is 13.2. The van der Waals surface area contributed by atoms with Crippen molar-refractivity contribution in [3.8, 4) is 0 Å². The molecule has 2 aliphatic heterocycles. The third-order valence-electron chi connectivity index (χ3n) is 7.24. The number of thiophene rings is 1. The first-order chi connectivity index (χ1) is 18.1. The Morgan fingerprint density at radius 1 is 1.03 bits per heavy atom. The fourth-order valence-electron chi connectivity index (χ4n) is 4.88. The van der Waals surface area contributed by atoms with E-state index < -0.39 is 15.9 Å². The molecule has 1 N–H and O–H groups in total. The van der Waals surface area contributed by atoms with E-state index in [1.54, 1.807) is 11.9 Å². The van der Waals surface area contributed by atoms with Crippen molar-refractivity contribution >= 4 is 44.1 Å². The third-order valence-corrected chi connectivity index (χ3v) is 10.2. The van der Waals surface area contributed by atoms with E-state index in [9.17, 15) is 22.8 Å². The van der Waals surface area contributed by atoms with Crippen molar-refractivity contribution in [3.63, 3.8) is 0 Å². The van der Waals surface area contributed by atoms with Crippen LogP contribution in [0.1, 0.15) is 77.1 Å². The van der Waals surface area contributed by atoms with Crippen molar-refractivity contribution in [2.45, 2.75) is 63.8 Å². The van der Waals surface area contributed by atoms with Crippen molar-refractivity contribution in [1.29, 1.82) is 0 Å². The van der Waals surface area contributed by atoms with Crippen molar-refractivity contribution in [1.82, 2.24) is 14.1 Å². The number of anilines is 1. The number of hydrogen-bond donors (Lipinski definition) is 1. The molecule has 0 spiro atoms. The van der Waals surface area contributed by atoms with E-state index >= 15 is 0 Å². The number of piperidine rings is 1. The Kier molecular flexibility index (Phi) is 8.89. The minimum Gasteiger partial charge on any atom is -0.339 e. The van der Waals surface area contributed by atoms with Gasteiger partial charge in [-0.25, -0.2) is 12.7 Å². The smallest absolute Gasteiger partial charge is 0.257 e. The van der Waals surface area contributed by atoms with Gasteiger partial charge in [-0.15, -0.1) is 11.3 Å². The Balaban J connectivity index is 1.59. The molecule has 38 heavy (non-hydrogen) atoms. The summed E-state index contributed by atoms with van der Waals surface area (Å²) in [6.45, 7) is 6.31. The van der Waals surface area contributed by atoms with Crippen LogP contribution in [0.2, 0.25) is 0 Å². The number of benzene rings is 1. The van der Waals surface area contributed by atoms with Crippen LogP contribution in [-0.2, 0) is 27.8 Å². The lowest BCUT2D eigenvalue weighted by molar-refractivity contribution is -0.129. The average Bonchev–Trinajstić information content (AvgIpc) is 3.28. The van der Waals surface area contributed by atoms with Gasteiger partial charge in [-0.1, -0.05) is 13.3 Å². The van der Waals surface area contributed by atoms with Crippen LogP contribution >= 0.6 is 11.3 Å². The highest BCUT2D eigenvalue weighted by atomic mass is 32.2. The fourth-order valence-corrected chi connectivity index (χ4v) is 7.34. The summed E-state index contributed by atoms with van der Waals surface area (Å²) in [5.41, 5.74) is 1.74. The summed E-state index contributed by atoms with van der Waals surface area (Å²) >= 11 is 1.34. The first kappa shape index (κ1) is 28.3. The molecule has 9 nitrogen and oxygen atoms in total. The summed E-state index contributed by atoms with van der Waals surface area (Å²) in [5.74, 6) is -0.512. The van der Waals surface area contributed by atoms with Crippen LogP contribution in [0.25, 0.3) is 0 Å². The topological polar surface area (TPSA) is 107 Å². The molecule has 2 aliphatic rings. The number of nitrogens with one attached hydrogen (secondary N) is 1. The predicted molar refractivity (Wildman–Crippen MR) is 148 cm³/mol. The number of hydrogen-bond acceptors (Lipinski definition) is 6. The summed E-state index contributed by atoms with van der Waals surface area (Å²) in [5, 5.41) is 3.41. The standard InChI is InChI=1S/C27H36N4O5S2/c1-4-5-14-29(3)38(35,36)21-11-9-20(10-12-21)25(33)28-26-24(27(34)30-15-7-6-8-16-30)22-13-17-31(19(2)32)18-23(22)37-26/h9-12H,4-8,13-18H2,1-3H3,(H,28,33). The average molecular weight is 561 g/mol. The van der Waals surface area contributed by atoms with Crippen LogP contribution in [0.3, 0.4) is 0 Å². The van der Waals surface area contributed by atoms with Gasteiger partial charge in [0.15, 0.2) is 0 Å². The molecule has 0 aliphatic carbocycles. The Hall–Kier alpha value is -2.76. The molecule has 2 aromatic rings. The zero-order valence-corrected chi connectivity index (χ0v) is 23.9. The monoisotopic (exact) mass is 560 g/mol. The van der Waals surface area contributed by atoms with Gasteiger partial charge in [0.2, 0.25) is 15.9 Å². The van der Waals surface area contributed by atoms with Crippen molar-refractivity contribution in [2.24, 2.45) is 0 Å². The summed E-state index contributed by atoms with van der Waals surface area (Å²) < 4.78 is 27.0. The number of carbonyl (C=O) groups is 3. The lowest BCUT2D eigenvalue weighted by atomic mass is 10.0. The number of unbranched alkanes of at least 4 members (excludes halogenated alkanes) is 1. The SMILES string of the molecule is CCCCN(C)S(=O)(=O)c1ccc(C(=O)Nc2sc3c(c2C(=O)N2CCCCC2)CCN(C(C)=O)C3)cc1. The van der Waals surface area contributed by atoms with E-state index in [0.717, 1.165) is 42.5 Å². The van der Waals surface area contributed by atoms with Crippen LogP contribution in [0, 0.1) is 0 Å². The molecule has 1 saturated heterocycles. The van der Waals surface area contributed by atoms with Crippen molar-refractivity contribution in [2.75, 3.05) is 38.5 Å². The number of amides is 3. The summed E-state index contributed by atoms with van der Waals surface area (Å²) in [4.78, 5) is 43.5. The molecule has 3 heterocycles. The maximum absolute atomic E-state index is 13.6. The number of likely N-dealkylation sites (tertiary alicyclic amines) is 1. The van der Waals surface area contributed by atoms with Gasteiger partial charge in [-0.05, 0) is 61.9 Å². The van der Waals surface area contributed by atoms with Gasteiger partial charge in [0.1, 0.15) is 5.00 Å². The molecule has 206 valence electrons. The van der Waals surface area contributed by atoms with Gasteiger partial charge < -0.3 is 15.1 Å². The highest BCUT2D eigenvalue weighted by Crippen LogP contribution is 2.38. The maximum atomic E-state index is 13.6. The number of carbonyl (C=O) groups excluding carboxylic acids is 3. The molecule has 0 bridgehead atoms. The normalized spacial score (nSPS) is 15.9. The largest absolute Gasteiger partial charge is 0.339 e. The van der Waals surface area contributed by atoms with Crippen LogP contribution in [-0.4, -0.2) is 73.5 Å². The van der Waals surface area contributed by atoms with Crippen LogP contribution < -0.4 is 5.32 Å². The van der Waals surface area contributed by atoms with Gasteiger partial charge >= 0.3 is 0 Å². The van der Waals surface area contributed by atoms with Gasteiger partial charge in [0.25, 0.3) is 11.8 Å². The molecule has 1 aromatic carbocycles. The second-order valence-corrected chi connectivity index (χ2v) is 13.1. The maximum Gasteiger partial charge on any atom is 0.257 e. The minimum atomic E-state index is -3.64. The molecule has 11 heteroatoms. The summed E-state index contributed by atoms with van der Waals surface area (Å²) in [7, 11) is -2.08. The van der Waals surface area contributed by atoms with E-state index in [-0.39, 0.29) is 16.7 Å². The molecule has 4 rings (SSSR count). The Labute approximate surface area is 228 Å². The first-order valence-corrected chi connectivity index (χ1v) is 15.5. The summed E-state index contributed by atoms with van der Waals surface area (Å²) in [6, 6.07) is 5.87. The second-order valence-electron chi connectivity index (χ2n) is 9.91. The van der Waals surface area contributed by atoms with E-state index in [1.807, 2.05) is 11.8 Å².